The van der Waals surface area contributed by atoms with Crippen molar-refractivity contribution in [2.24, 2.45) is 7.05 Å². The number of sulfonamides is 1. The number of nitrogens with zero attached hydrogens (tertiary/aromatic N) is 3. The summed E-state index contributed by atoms with van der Waals surface area (Å²) in [7, 11) is -0.354. The van der Waals surface area contributed by atoms with E-state index in [1.54, 1.807) is 14.2 Å². The van der Waals surface area contributed by atoms with Gasteiger partial charge in [0.25, 0.3) is 0 Å². The third-order valence-electron chi connectivity index (χ3n) is 5.11. The van der Waals surface area contributed by atoms with Crippen molar-refractivity contribution in [3.63, 3.8) is 0 Å². The van der Waals surface area contributed by atoms with E-state index < -0.39 is 16.0 Å². The van der Waals surface area contributed by atoms with Crippen LogP contribution in [0.2, 0.25) is 0 Å². The molecule has 3 heterocycles. The van der Waals surface area contributed by atoms with Crippen LogP contribution < -0.4 is 4.74 Å². The molecule has 0 unspecified atom stereocenters. The van der Waals surface area contributed by atoms with Gasteiger partial charge in [0.1, 0.15) is 28.0 Å². The topological polar surface area (TPSA) is 90.7 Å². The first-order valence-electron chi connectivity index (χ1n) is 9.81. The van der Waals surface area contributed by atoms with E-state index in [2.05, 4.69) is 4.98 Å². The molecule has 0 atom stereocenters. The molecule has 8 nitrogen and oxygen atoms in total. The van der Waals surface area contributed by atoms with Crippen LogP contribution in [0.5, 0.6) is 5.75 Å². The zero-order valence-corrected chi connectivity index (χ0v) is 18.9. The number of aryl methyl sites for hydroxylation is 1. The van der Waals surface area contributed by atoms with E-state index in [0.29, 0.717) is 18.8 Å². The lowest BCUT2D eigenvalue weighted by atomic mass is 10.2. The molecular formula is C21H23N3O5S2. The summed E-state index contributed by atoms with van der Waals surface area (Å²) in [4.78, 5) is 17.2. The van der Waals surface area contributed by atoms with E-state index >= 15 is 0 Å². The molecule has 10 heteroatoms. The highest BCUT2D eigenvalue weighted by Gasteiger charge is 2.29. The van der Waals surface area contributed by atoms with Gasteiger partial charge in [0.2, 0.25) is 10.0 Å². The number of rotatable bonds is 7. The molecule has 0 amide bonds. The first-order chi connectivity index (χ1) is 14.9. The van der Waals surface area contributed by atoms with Crippen molar-refractivity contribution in [1.29, 1.82) is 0 Å². The van der Waals surface area contributed by atoms with Crippen molar-refractivity contribution in [3.8, 4) is 16.3 Å². The van der Waals surface area contributed by atoms with E-state index in [0.717, 1.165) is 29.2 Å². The minimum atomic E-state index is -3.59. The van der Waals surface area contributed by atoms with Gasteiger partial charge in [-0.1, -0.05) is 12.1 Å². The number of ether oxygens (including phenoxy) is 2. The van der Waals surface area contributed by atoms with Crippen molar-refractivity contribution in [1.82, 2.24) is 13.9 Å². The monoisotopic (exact) mass is 461 g/mol. The number of aromatic nitrogens is 2. The smallest absolute Gasteiger partial charge is 0.355 e. The molecule has 1 aliphatic rings. The average Bonchev–Trinajstić information content (AvgIpc) is 3.53. The lowest BCUT2D eigenvalue weighted by Crippen LogP contribution is -2.27. The van der Waals surface area contributed by atoms with E-state index in [1.807, 2.05) is 29.6 Å². The highest BCUT2D eigenvalue weighted by atomic mass is 32.2. The Hall–Kier alpha value is -2.69. The summed E-state index contributed by atoms with van der Waals surface area (Å²) in [5.74, 6) is 0.144. The summed E-state index contributed by atoms with van der Waals surface area (Å²) in [6.45, 7) is 1.02. The van der Waals surface area contributed by atoms with Gasteiger partial charge >= 0.3 is 5.97 Å². The number of hydrogen-bond donors (Lipinski definition) is 0. The molecule has 1 aromatic carbocycles. The number of esters is 1. The number of hydrogen-bond acceptors (Lipinski definition) is 7. The molecule has 0 aliphatic carbocycles. The number of thiazole rings is 1. The van der Waals surface area contributed by atoms with Crippen LogP contribution in [0.4, 0.5) is 0 Å². The molecule has 2 aromatic heterocycles. The summed E-state index contributed by atoms with van der Waals surface area (Å²) in [5.41, 5.74) is 1.72. The third-order valence-corrected chi connectivity index (χ3v) is 7.92. The Kier molecular flexibility index (Phi) is 6.12. The Morgan fingerprint density at radius 2 is 2.00 bits per heavy atom. The zero-order chi connectivity index (χ0) is 22.0. The maximum atomic E-state index is 12.7. The maximum absolute atomic E-state index is 12.7. The summed E-state index contributed by atoms with van der Waals surface area (Å²) < 4.78 is 39.0. The Balaban J connectivity index is 1.44. The highest BCUT2D eigenvalue weighted by Crippen LogP contribution is 2.27. The molecule has 0 radical (unpaired) electrons. The lowest BCUT2D eigenvalue weighted by Gasteiger charge is -2.13. The Morgan fingerprint density at radius 1 is 1.23 bits per heavy atom. The van der Waals surface area contributed by atoms with Gasteiger partial charge in [0, 0.05) is 37.3 Å². The molecular weight excluding hydrogens is 438 g/mol. The van der Waals surface area contributed by atoms with Crippen molar-refractivity contribution >= 4 is 27.3 Å². The highest BCUT2D eigenvalue weighted by molar-refractivity contribution is 7.89. The molecule has 1 aliphatic heterocycles. The fourth-order valence-electron chi connectivity index (χ4n) is 3.43. The number of carbonyl (C=O) groups excluding carboxylic acids is 1. The predicted octanol–water partition coefficient (Wildman–Crippen LogP) is 3.30. The molecule has 1 fully saturated rings. The van der Waals surface area contributed by atoms with Gasteiger partial charge in [-0.2, -0.15) is 4.31 Å². The standard InChI is InChI=1S/C21H23N3O5S2/c1-23-12-18(31(26,27)24-8-3-4-9-24)11-19(23)21(25)29-13-16-14-30-20(22-16)15-6-5-7-17(10-15)28-2/h5-7,10-12,14H,3-4,8-9,13H2,1-2H3. The van der Waals surface area contributed by atoms with E-state index in [9.17, 15) is 13.2 Å². The van der Waals surface area contributed by atoms with Gasteiger partial charge in [-0.25, -0.2) is 18.2 Å². The van der Waals surface area contributed by atoms with E-state index in [4.69, 9.17) is 9.47 Å². The minimum Gasteiger partial charge on any atom is -0.497 e. The molecule has 0 N–H and O–H groups in total. The fourth-order valence-corrected chi connectivity index (χ4v) is 5.82. The largest absolute Gasteiger partial charge is 0.497 e. The van der Waals surface area contributed by atoms with Crippen molar-refractivity contribution < 1.29 is 22.7 Å². The number of methoxy groups -OCH3 is 1. The minimum absolute atomic E-state index is 0.00130. The van der Waals surface area contributed by atoms with Crippen LogP contribution in [0.3, 0.4) is 0 Å². The fraction of sp³-hybridized carbons (Fsp3) is 0.333. The molecule has 31 heavy (non-hydrogen) atoms. The van der Waals surface area contributed by atoms with Gasteiger partial charge in [0.05, 0.1) is 12.8 Å². The predicted molar refractivity (Wildman–Crippen MR) is 117 cm³/mol. The average molecular weight is 462 g/mol. The normalized spacial score (nSPS) is 14.6. The van der Waals surface area contributed by atoms with Crippen LogP contribution in [-0.2, 0) is 28.4 Å². The first kappa shape index (κ1) is 21.5. The second-order valence-electron chi connectivity index (χ2n) is 7.24. The van der Waals surface area contributed by atoms with Crippen molar-refractivity contribution in [2.45, 2.75) is 24.3 Å². The summed E-state index contributed by atoms with van der Waals surface area (Å²) in [6.07, 6.45) is 3.16. The SMILES string of the molecule is COc1cccc(-c2nc(COC(=O)c3cc(S(=O)(=O)N4CCCC4)cn3C)cs2)c1. The van der Waals surface area contributed by atoms with Crippen LogP contribution in [-0.4, -0.2) is 48.4 Å². The van der Waals surface area contributed by atoms with Gasteiger partial charge < -0.3 is 14.0 Å². The van der Waals surface area contributed by atoms with Crippen LogP contribution in [0.25, 0.3) is 10.6 Å². The van der Waals surface area contributed by atoms with Crippen LogP contribution in [0.15, 0.2) is 46.8 Å². The Bertz CT molecular complexity index is 1190. The molecule has 3 aromatic rings. The lowest BCUT2D eigenvalue weighted by molar-refractivity contribution is 0.0457. The quantitative estimate of drug-likeness (QED) is 0.502. The molecule has 0 spiro atoms. The van der Waals surface area contributed by atoms with Gasteiger partial charge in [-0.15, -0.1) is 11.3 Å². The summed E-state index contributed by atoms with van der Waals surface area (Å²) in [6, 6.07) is 8.94. The molecule has 0 saturated carbocycles. The molecule has 0 bridgehead atoms. The van der Waals surface area contributed by atoms with Gasteiger partial charge in [0.15, 0.2) is 0 Å². The van der Waals surface area contributed by atoms with Gasteiger partial charge in [-0.3, -0.25) is 0 Å². The second kappa shape index (κ2) is 8.81. The summed E-state index contributed by atoms with van der Waals surface area (Å²) >= 11 is 1.45. The van der Waals surface area contributed by atoms with Gasteiger partial charge in [-0.05, 0) is 31.0 Å². The third kappa shape index (κ3) is 4.51. The molecule has 1 saturated heterocycles. The second-order valence-corrected chi connectivity index (χ2v) is 10.0. The van der Waals surface area contributed by atoms with E-state index in [-0.39, 0.29) is 17.2 Å². The van der Waals surface area contributed by atoms with Crippen molar-refractivity contribution in [2.75, 3.05) is 20.2 Å². The number of carbonyl (C=O) groups is 1. The molecule has 4 rings (SSSR count). The Labute approximate surface area is 185 Å². The zero-order valence-electron chi connectivity index (χ0n) is 17.3. The molecule has 164 valence electrons. The van der Waals surface area contributed by atoms with Crippen LogP contribution in [0, 0.1) is 0 Å². The maximum Gasteiger partial charge on any atom is 0.355 e. The Morgan fingerprint density at radius 3 is 2.74 bits per heavy atom. The summed E-state index contributed by atoms with van der Waals surface area (Å²) in [5, 5.41) is 2.62. The number of benzene rings is 1. The first-order valence-corrected chi connectivity index (χ1v) is 12.1. The van der Waals surface area contributed by atoms with E-state index in [1.165, 1.54) is 32.5 Å². The van der Waals surface area contributed by atoms with Crippen LogP contribution in [0.1, 0.15) is 29.0 Å². The van der Waals surface area contributed by atoms with Crippen LogP contribution >= 0.6 is 11.3 Å². The van der Waals surface area contributed by atoms with Crippen molar-refractivity contribution in [3.05, 3.63) is 53.3 Å².